The van der Waals surface area contributed by atoms with Crippen LogP contribution in [0.4, 0.5) is 5.82 Å². The number of amides is 1. The molecule has 0 aromatic carbocycles. The third-order valence-electron chi connectivity index (χ3n) is 3.57. The van der Waals surface area contributed by atoms with Crippen molar-refractivity contribution in [1.29, 1.82) is 0 Å². The first-order valence-electron chi connectivity index (χ1n) is 7.43. The number of hydrogen-bond acceptors (Lipinski definition) is 6. The van der Waals surface area contributed by atoms with E-state index in [4.69, 9.17) is 10.3 Å². The van der Waals surface area contributed by atoms with Crippen LogP contribution in [0.25, 0.3) is 11.3 Å². The van der Waals surface area contributed by atoms with E-state index in [0.717, 1.165) is 11.3 Å². The maximum absolute atomic E-state index is 12.3. The first kappa shape index (κ1) is 15.7. The number of hydrogen-bond donors (Lipinski definition) is 1. The number of pyridine rings is 1. The third kappa shape index (κ3) is 3.43. The fraction of sp³-hybridized carbons (Fsp3) is 0.250. The number of likely N-dealkylation sites (N-methyl/N-ethyl adjacent to an activating group) is 1. The van der Waals surface area contributed by atoms with Crippen molar-refractivity contribution < 1.29 is 9.32 Å². The minimum absolute atomic E-state index is 0.0848. The van der Waals surface area contributed by atoms with Gasteiger partial charge in [0.25, 0.3) is 0 Å². The van der Waals surface area contributed by atoms with Crippen molar-refractivity contribution in [3.8, 4) is 11.3 Å². The summed E-state index contributed by atoms with van der Waals surface area (Å²) in [5.41, 5.74) is 8.20. The zero-order valence-corrected chi connectivity index (χ0v) is 13.5. The van der Waals surface area contributed by atoms with Gasteiger partial charge in [-0.25, -0.2) is 4.68 Å². The zero-order chi connectivity index (χ0) is 17.1. The Kier molecular flexibility index (Phi) is 4.28. The number of carbonyl (C=O) groups excluding carboxylic acids is 1. The smallest absolute Gasteiger partial charge is 0.244 e. The van der Waals surface area contributed by atoms with Crippen molar-refractivity contribution >= 4 is 11.7 Å². The van der Waals surface area contributed by atoms with Gasteiger partial charge in [0.15, 0.2) is 5.76 Å². The molecule has 0 unspecified atom stereocenters. The Hall–Kier alpha value is -3.16. The van der Waals surface area contributed by atoms with Gasteiger partial charge in [-0.3, -0.25) is 9.78 Å². The number of aryl methyl sites for hydroxylation is 1. The van der Waals surface area contributed by atoms with Crippen molar-refractivity contribution in [2.24, 2.45) is 0 Å². The van der Waals surface area contributed by atoms with Gasteiger partial charge >= 0.3 is 0 Å². The molecule has 2 N–H and O–H groups in total. The number of nitrogen functional groups attached to an aromatic ring is 1. The highest BCUT2D eigenvalue weighted by Crippen LogP contribution is 2.18. The monoisotopic (exact) mass is 326 g/mol. The van der Waals surface area contributed by atoms with Crippen LogP contribution >= 0.6 is 0 Å². The van der Waals surface area contributed by atoms with Crippen LogP contribution in [-0.2, 0) is 17.9 Å². The van der Waals surface area contributed by atoms with Gasteiger partial charge in [-0.2, -0.15) is 5.10 Å². The number of carbonyl (C=O) groups is 1. The second-order valence-electron chi connectivity index (χ2n) is 5.53. The summed E-state index contributed by atoms with van der Waals surface area (Å²) in [6.07, 6.45) is 3.38. The van der Waals surface area contributed by atoms with E-state index in [9.17, 15) is 4.79 Å². The van der Waals surface area contributed by atoms with E-state index in [0.29, 0.717) is 23.8 Å². The summed E-state index contributed by atoms with van der Waals surface area (Å²) in [6, 6.07) is 7.23. The molecule has 0 atom stereocenters. The van der Waals surface area contributed by atoms with Gasteiger partial charge < -0.3 is 15.2 Å². The molecule has 0 saturated carbocycles. The third-order valence-corrected chi connectivity index (χ3v) is 3.57. The van der Waals surface area contributed by atoms with Crippen molar-refractivity contribution in [1.82, 2.24) is 24.8 Å². The normalized spacial score (nSPS) is 10.8. The topological polar surface area (TPSA) is 103 Å². The summed E-state index contributed by atoms with van der Waals surface area (Å²) in [5, 5.41) is 8.21. The Morgan fingerprint density at radius 3 is 2.75 bits per heavy atom. The van der Waals surface area contributed by atoms with E-state index < -0.39 is 0 Å². The summed E-state index contributed by atoms with van der Waals surface area (Å²) in [7, 11) is 1.70. The predicted octanol–water partition coefficient (Wildman–Crippen LogP) is 1.48. The molecule has 1 amide bonds. The number of rotatable bonds is 5. The van der Waals surface area contributed by atoms with Crippen LogP contribution in [0.15, 0.2) is 41.2 Å². The minimum atomic E-state index is -0.119. The van der Waals surface area contributed by atoms with E-state index in [1.807, 2.05) is 25.1 Å². The van der Waals surface area contributed by atoms with Gasteiger partial charge in [-0.15, -0.1) is 0 Å². The molecular formula is C16H18N6O2. The molecule has 0 radical (unpaired) electrons. The fourth-order valence-corrected chi connectivity index (χ4v) is 2.31. The van der Waals surface area contributed by atoms with Crippen LogP contribution in [0.3, 0.4) is 0 Å². The van der Waals surface area contributed by atoms with Crippen molar-refractivity contribution in [2.75, 3.05) is 12.8 Å². The SMILES string of the molecule is Cc1cc(N)n(CC(=O)N(C)Cc2cc(-c3ccncc3)no2)n1. The summed E-state index contributed by atoms with van der Waals surface area (Å²) in [6.45, 7) is 2.23. The van der Waals surface area contributed by atoms with Gasteiger partial charge in [0.05, 0.1) is 12.2 Å². The van der Waals surface area contributed by atoms with E-state index in [-0.39, 0.29) is 12.5 Å². The first-order valence-corrected chi connectivity index (χ1v) is 7.43. The van der Waals surface area contributed by atoms with Crippen molar-refractivity contribution in [3.63, 3.8) is 0 Å². The van der Waals surface area contributed by atoms with Crippen LogP contribution in [-0.4, -0.2) is 37.8 Å². The summed E-state index contributed by atoms with van der Waals surface area (Å²) in [5.74, 6) is 0.947. The Balaban J connectivity index is 1.64. The largest absolute Gasteiger partial charge is 0.384 e. The van der Waals surface area contributed by atoms with E-state index in [1.54, 1.807) is 30.4 Å². The maximum Gasteiger partial charge on any atom is 0.244 e. The molecule has 3 aromatic rings. The molecule has 8 heteroatoms. The summed E-state index contributed by atoms with van der Waals surface area (Å²) < 4.78 is 6.79. The number of anilines is 1. The molecule has 0 aliphatic carbocycles. The lowest BCUT2D eigenvalue weighted by atomic mass is 10.2. The van der Waals surface area contributed by atoms with Crippen LogP contribution in [0.2, 0.25) is 0 Å². The van der Waals surface area contributed by atoms with Gasteiger partial charge in [0.2, 0.25) is 5.91 Å². The molecule has 0 aliphatic rings. The highest BCUT2D eigenvalue weighted by Gasteiger charge is 2.15. The molecule has 3 aromatic heterocycles. The lowest BCUT2D eigenvalue weighted by Gasteiger charge is -2.15. The molecule has 3 rings (SSSR count). The minimum Gasteiger partial charge on any atom is -0.384 e. The number of aromatic nitrogens is 4. The quantitative estimate of drug-likeness (QED) is 0.762. The van der Waals surface area contributed by atoms with Gasteiger partial charge in [-0.05, 0) is 19.1 Å². The van der Waals surface area contributed by atoms with Crippen LogP contribution in [0.1, 0.15) is 11.5 Å². The molecular weight excluding hydrogens is 308 g/mol. The van der Waals surface area contributed by atoms with Crippen molar-refractivity contribution in [3.05, 3.63) is 48.1 Å². The van der Waals surface area contributed by atoms with Crippen LogP contribution in [0, 0.1) is 6.92 Å². The van der Waals surface area contributed by atoms with Crippen LogP contribution < -0.4 is 5.73 Å². The number of nitrogens with zero attached hydrogens (tertiary/aromatic N) is 5. The van der Waals surface area contributed by atoms with Gasteiger partial charge in [0.1, 0.15) is 18.1 Å². The Bertz CT molecular complexity index is 839. The summed E-state index contributed by atoms with van der Waals surface area (Å²) >= 11 is 0. The molecule has 124 valence electrons. The Labute approximate surface area is 138 Å². The molecule has 0 aliphatic heterocycles. The summed E-state index contributed by atoms with van der Waals surface area (Å²) in [4.78, 5) is 17.8. The molecule has 0 saturated heterocycles. The Morgan fingerprint density at radius 1 is 1.33 bits per heavy atom. The average Bonchev–Trinajstić information content (AvgIpc) is 3.15. The standard InChI is InChI=1S/C16H18N6O2/c1-11-7-15(17)22(19-11)10-16(23)21(2)9-13-8-14(20-24-13)12-3-5-18-6-4-12/h3-8H,9-10,17H2,1-2H3. The lowest BCUT2D eigenvalue weighted by Crippen LogP contribution is -2.30. The maximum atomic E-state index is 12.3. The highest BCUT2D eigenvalue weighted by molar-refractivity contribution is 5.76. The molecule has 3 heterocycles. The van der Waals surface area contributed by atoms with Crippen molar-refractivity contribution in [2.45, 2.75) is 20.0 Å². The number of nitrogens with two attached hydrogens (primary N) is 1. The first-order chi connectivity index (χ1) is 11.5. The van der Waals surface area contributed by atoms with Gasteiger partial charge in [0, 0.05) is 37.1 Å². The van der Waals surface area contributed by atoms with E-state index in [1.165, 1.54) is 4.68 Å². The van der Waals surface area contributed by atoms with E-state index >= 15 is 0 Å². The highest BCUT2D eigenvalue weighted by atomic mass is 16.5. The molecule has 0 fully saturated rings. The van der Waals surface area contributed by atoms with Crippen LogP contribution in [0.5, 0.6) is 0 Å². The van der Waals surface area contributed by atoms with E-state index in [2.05, 4.69) is 15.2 Å². The molecule has 8 nitrogen and oxygen atoms in total. The second kappa shape index (κ2) is 6.53. The Morgan fingerprint density at radius 2 is 2.08 bits per heavy atom. The molecule has 0 spiro atoms. The fourth-order valence-electron chi connectivity index (χ4n) is 2.31. The molecule has 0 bridgehead atoms. The van der Waals surface area contributed by atoms with Gasteiger partial charge in [-0.1, -0.05) is 5.16 Å². The predicted molar refractivity (Wildman–Crippen MR) is 87.6 cm³/mol. The molecule has 24 heavy (non-hydrogen) atoms. The second-order valence-corrected chi connectivity index (χ2v) is 5.53. The average molecular weight is 326 g/mol. The lowest BCUT2D eigenvalue weighted by molar-refractivity contribution is -0.131. The zero-order valence-electron chi connectivity index (χ0n) is 13.5.